The van der Waals surface area contributed by atoms with Gasteiger partial charge in [0.25, 0.3) is 5.91 Å². The van der Waals surface area contributed by atoms with E-state index in [0.717, 1.165) is 12.8 Å². The minimum atomic E-state index is -0.0229. The molecule has 2 bridgehead atoms. The van der Waals surface area contributed by atoms with Crippen molar-refractivity contribution in [2.45, 2.75) is 37.4 Å². The van der Waals surface area contributed by atoms with Crippen LogP contribution >= 0.6 is 11.3 Å². The van der Waals surface area contributed by atoms with Crippen molar-refractivity contribution in [3.63, 3.8) is 0 Å². The molecule has 23 heavy (non-hydrogen) atoms. The molecule has 0 aliphatic carbocycles. The second kappa shape index (κ2) is 5.86. The van der Waals surface area contributed by atoms with Crippen molar-refractivity contribution in [3.05, 3.63) is 41.3 Å². The van der Waals surface area contributed by atoms with Crippen molar-refractivity contribution in [2.75, 3.05) is 5.73 Å². The maximum atomic E-state index is 12.4. The van der Waals surface area contributed by atoms with E-state index in [-0.39, 0.29) is 11.9 Å². The summed E-state index contributed by atoms with van der Waals surface area (Å²) in [6.45, 7) is 0. The Bertz CT molecular complexity index is 730. The predicted octanol–water partition coefficient (Wildman–Crippen LogP) is 2.75. The molecule has 120 valence electrons. The van der Waals surface area contributed by atoms with E-state index in [0.29, 0.717) is 33.5 Å². The molecule has 1 amide bonds. The highest BCUT2D eigenvalue weighted by atomic mass is 32.1. The van der Waals surface area contributed by atoms with Gasteiger partial charge in [-0.3, -0.25) is 4.79 Å². The highest BCUT2D eigenvalue weighted by molar-refractivity contribution is 7.15. The fourth-order valence-electron chi connectivity index (χ4n) is 3.40. The first-order chi connectivity index (χ1) is 11.2. The second-order valence-corrected chi connectivity index (χ2v) is 7.17. The van der Waals surface area contributed by atoms with Crippen molar-refractivity contribution in [1.29, 1.82) is 0 Å². The van der Waals surface area contributed by atoms with Crippen molar-refractivity contribution < 1.29 is 9.53 Å². The molecule has 3 atom stereocenters. The zero-order valence-electron chi connectivity index (χ0n) is 12.6. The normalized spacial score (nSPS) is 25.5. The molecule has 2 aliphatic rings. The fourth-order valence-corrected chi connectivity index (χ4v) is 4.17. The summed E-state index contributed by atoms with van der Waals surface area (Å²) < 4.78 is 5.76. The van der Waals surface area contributed by atoms with Gasteiger partial charge < -0.3 is 21.1 Å². The quantitative estimate of drug-likeness (QED) is 0.754. The first-order valence-corrected chi connectivity index (χ1v) is 8.70. The molecule has 2 aromatic rings. The largest absolute Gasteiger partial charge is 0.445 e. The van der Waals surface area contributed by atoms with Crippen LogP contribution < -0.4 is 21.1 Å². The number of hydrogen-bond donors (Lipinski definition) is 3. The number of anilines is 1. The number of nitrogens with two attached hydrogens (primary N) is 1. The minimum Gasteiger partial charge on any atom is -0.445 e. The molecule has 3 heterocycles. The van der Waals surface area contributed by atoms with Crippen molar-refractivity contribution in [1.82, 2.24) is 10.6 Å². The van der Waals surface area contributed by atoms with Gasteiger partial charge in [0, 0.05) is 18.1 Å². The van der Waals surface area contributed by atoms with Gasteiger partial charge in [0.05, 0.1) is 10.6 Å². The number of hydrogen-bond acceptors (Lipinski definition) is 5. The van der Waals surface area contributed by atoms with Gasteiger partial charge in [0.2, 0.25) is 0 Å². The molecule has 1 aromatic heterocycles. The second-order valence-electron chi connectivity index (χ2n) is 6.12. The van der Waals surface area contributed by atoms with E-state index in [4.69, 9.17) is 10.5 Å². The zero-order valence-corrected chi connectivity index (χ0v) is 13.4. The van der Waals surface area contributed by atoms with Crippen LogP contribution in [0.5, 0.6) is 10.8 Å². The van der Waals surface area contributed by atoms with E-state index in [1.807, 2.05) is 24.3 Å². The lowest BCUT2D eigenvalue weighted by molar-refractivity contribution is 0.0935. The average Bonchev–Trinajstić information content (AvgIpc) is 3.26. The van der Waals surface area contributed by atoms with Gasteiger partial charge in [-0.25, -0.2) is 0 Å². The van der Waals surface area contributed by atoms with Crippen molar-refractivity contribution >= 4 is 22.9 Å². The first-order valence-electron chi connectivity index (χ1n) is 7.88. The SMILES string of the molecule is Nc1ccccc1Oc1ccc(C(=O)NC2CC3CCC2N3)s1. The van der Waals surface area contributed by atoms with Crippen molar-refractivity contribution in [3.8, 4) is 10.8 Å². The molecule has 0 spiro atoms. The van der Waals surface area contributed by atoms with Crippen LogP contribution in [-0.4, -0.2) is 24.0 Å². The average molecular weight is 329 g/mol. The van der Waals surface area contributed by atoms with Crippen LogP contribution in [-0.2, 0) is 0 Å². The maximum absolute atomic E-state index is 12.4. The summed E-state index contributed by atoms with van der Waals surface area (Å²) in [6, 6.07) is 12.2. The molecule has 1 aromatic carbocycles. The van der Waals surface area contributed by atoms with Crippen LogP contribution in [0, 0.1) is 0 Å². The van der Waals surface area contributed by atoms with E-state index >= 15 is 0 Å². The maximum Gasteiger partial charge on any atom is 0.261 e. The fraction of sp³-hybridized carbons (Fsp3) is 0.353. The van der Waals surface area contributed by atoms with Crippen LogP contribution in [0.25, 0.3) is 0 Å². The lowest BCUT2D eigenvalue weighted by atomic mass is 9.95. The minimum absolute atomic E-state index is 0.0229. The monoisotopic (exact) mass is 329 g/mol. The number of carbonyl (C=O) groups excluding carboxylic acids is 1. The lowest BCUT2D eigenvalue weighted by Gasteiger charge is -2.20. The molecule has 4 rings (SSSR count). The van der Waals surface area contributed by atoms with Crippen LogP contribution in [0.1, 0.15) is 28.9 Å². The number of ether oxygens (including phenoxy) is 1. The zero-order chi connectivity index (χ0) is 15.8. The van der Waals surface area contributed by atoms with Crippen molar-refractivity contribution in [2.24, 2.45) is 0 Å². The number of rotatable bonds is 4. The third kappa shape index (κ3) is 2.92. The van der Waals surface area contributed by atoms with Crippen LogP contribution in [0.2, 0.25) is 0 Å². The predicted molar refractivity (Wildman–Crippen MR) is 91.1 cm³/mol. The van der Waals surface area contributed by atoms with Gasteiger partial charge in [0.15, 0.2) is 10.8 Å². The lowest BCUT2D eigenvalue weighted by Crippen LogP contribution is -2.42. The molecule has 3 unspecified atom stereocenters. The molecule has 5 nitrogen and oxygen atoms in total. The van der Waals surface area contributed by atoms with Gasteiger partial charge in [-0.2, -0.15) is 0 Å². The third-order valence-electron chi connectivity index (χ3n) is 4.55. The van der Waals surface area contributed by atoms with E-state index in [9.17, 15) is 4.79 Å². The molecule has 0 radical (unpaired) electrons. The smallest absolute Gasteiger partial charge is 0.261 e. The number of thiophene rings is 1. The summed E-state index contributed by atoms with van der Waals surface area (Å²) in [5.41, 5.74) is 6.46. The van der Waals surface area contributed by atoms with E-state index in [1.54, 1.807) is 12.1 Å². The standard InChI is InChI=1S/C17H19N3O2S/c18-11-3-1-2-4-14(11)22-16-8-7-15(23-16)17(21)20-13-9-10-5-6-12(13)19-10/h1-4,7-8,10,12-13,19H,5-6,9,18H2,(H,20,21). The Balaban J connectivity index is 1.41. The van der Waals surface area contributed by atoms with Gasteiger partial charge in [-0.1, -0.05) is 23.5 Å². The van der Waals surface area contributed by atoms with Crippen LogP contribution in [0.3, 0.4) is 0 Å². The molecule has 4 N–H and O–H groups in total. The summed E-state index contributed by atoms with van der Waals surface area (Å²) >= 11 is 1.34. The molecule has 6 heteroatoms. The van der Waals surface area contributed by atoms with Gasteiger partial charge in [0.1, 0.15) is 0 Å². The Hall–Kier alpha value is -2.05. The van der Waals surface area contributed by atoms with Gasteiger partial charge in [-0.05, 0) is 43.5 Å². The van der Waals surface area contributed by atoms with Crippen LogP contribution in [0.4, 0.5) is 5.69 Å². The number of para-hydroxylation sites is 2. The number of nitrogen functional groups attached to an aromatic ring is 1. The summed E-state index contributed by atoms with van der Waals surface area (Å²) in [4.78, 5) is 13.1. The Kier molecular flexibility index (Phi) is 3.71. The Morgan fingerprint density at radius 3 is 2.87 bits per heavy atom. The molecule has 2 saturated heterocycles. The number of carbonyl (C=O) groups is 1. The Labute approximate surface area is 138 Å². The number of benzene rings is 1. The Morgan fingerprint density at radius 2 is 2.13 bits per heavy atom. The topological polar surface area (TPSA) is 76.4 Å². The molecule has 2 fully saturated rings. The number of nitrogens with one attached hydrogen (secondary N) is 2. The molecule has 0 saturated carbocycles. The number of fused-ring (bicyclic) bond motifs is 2. The van der Waals surface area contributed by atoms with Gasteiger partial charge in [-0.15, -0.1) is 0 Å². The highest BCUT2D eigenvalue weighted by Crippen LogP contribution is 2.33. The summed E-state index contributed by atoms with van der Waals surface area (Å²) in [5, 5.41) is 7.34. The van der Waals surface area contributed by atoms with Gasteiger partial charge >= 0.3 is 0 Å². The molecular weight excluding hydrogens is 310 g/mol. The first kappa shape index (κ1) is 14.5. The highest BCUT2D eigenvalue weighted by Gasteiger charge is 2.39. The van der Waals surface area contributed by atoms with E-state index in [2.05, 4.69) is 10.6 Å². The Morgan fingerprint density at radius 1 is 1.26 bits per heavy atom. The van der Waals surface area contributed by atoms with E-state index in [1.165, 1.54) is 17.8 Å². The van der Waals surface area contributed by atoms with E-state index < -0.39 is 0 Å². The van der Waals surface area contributed by atoms with Crippen LogP contribution in [0.15, 0.2) is 36.4 Å². The summed E-state index contributed by atoms with van der Waals surface area (Å²) in [6.07, 6.45) is 3.42. The molecule has 2 aliphatic heterocycles. The number of amides is 1. The molecular formula is C17H19N3O2S. The summed E-state index contributed by atoms with van der Waals surface area (Å²) in [5.74, 6) is 0.587. The summed E-state index contributed by atoms with van der Waals surface area (Å²) in [7, 11) is 0. The third-order valence-corrected chi connectivity index (χ3v) is 5.51.